The van der Waals surface area contributed by atoms with Crippen molar-refractivity contribution in [2.24, 2.45) is 11.7 Å². The number of nitro groups is 1. The Bertz CT molecular complexity index is 447. The molecule has 0 bridgehead atoms. The lowest BCUT2D eigenvalue weighted by atomic mass is 10.1. The maximum atomic E-state index is 11.8. The Morgan fingerprint density at radius 2 is 2.33 bits per heavy atom. The Labute approximate surface area is 114 Å². The monoisotopic (exact) mass is 291 g/mol. The molecule has 0 radical (unpaired) electrons. The molecule has 100 valence electrons. The third-order valence-electron chi connectivity index (χ3n) is 2.79. The summed E-state index contributed by atoms with van der Waals surface area (Å²) in [4.78, 5) is 21.8. The van der Waals surface area contributed by atoms with Crippen LogP contribution in [0.15, 0.2) is 11.4 Å². The lowest BCUT2D eigenvalue weighted by Crippen LogP contribution is -2.41. The quantitative estimate of drug-likeness (QED) is 0.635. The first kappa shape index (κ1) is 14.9. The average molecular weight is 292 g/mol. The number of carbonyl (C=O) groups excluding carboxylic acids is 1. The number of nitrogens with zero attached hydrogens (tertiary/aromatic N) is 1. The number of carbonyl (C=O) groups is 1. The molecule has 0 saturated heterocycles. The van der Waals surface area contributed by atoms with Gasteiger partial charge in [-0.1, -0.05) is 11.3 Å². The van der Waals surface area contributed by atoms with Crippen LogP contribution in [0.1, 0.15) is 23.2 Å². The summed E-state index contributed by atoms with van der Waals surface area (Å²) < 4.78 is 0. The Balaban J connectivity index is 0.00000162. The first-order valence-corrected chi connectivity index (χ1v) is 6.23. The van der Waals surface area contributed by atoms with Gasteiger partial charge in [0.2, 0.25) is 0 Å². The standard InChI is InChI=1S/C10H13N3O3S.ClH/c11-4-8(6-1-2-6)12-10(14)7-3-9(13(15)16)17-5-7;/h3,5-6,8H,1-2,4,11H2,(H,12,14);1H. The van der Waals surface area contributed by atoms with Gasteiger partial charge in [0.25, 0.3) is 5.91 Å². The summed E-state index contributed by atoms with van der Waals surface area (Å²) >= 11 is 0.954. The van der Waals surface area contributed by atoms with Gasteiger partial charge in [-0.2, -0.15) is 0 Å². The molecular weight excluding hydrogens is 278 g/mol. The van der Waals surface area contributed by atoms with E-state index in [-0.39, 0.29) is 29.4 Å². The minimum absolute atomic E-state index is 0. The van der Waals surface area contributed by atoms with Gasteiger partial charge >= 0.3 is 5.00 Å². The Morgan fingerprint density at radius 1 is 1.67 bits per heavy atom. The lowest BCUT2D eigenvalue weighted by Gasteiger charge is -2.15. The van der Waals surface area contributed by atoms with Crippen LogP contribution in [0.2, 0.25) is 0 Å². The van der Waals surface area contributed by atoms with Crippen LogP contribution in [0.4, 0.5) is 5.00 Å². The molecule has 8 heteroatoms. The molecule has 1 heterocycles. The van der Waals surface area contributed by atoms with Crippen molar-refractivity contribution >= 4 is 34.7 Å². The van der Waals surface area contributed by atoms with E-state index in [4.69, 9.17) is 5.73 Å². The second-order valence-corrected chi connectivity index (χ2v) is 4.97. The predicted molar refractivity (Wildman–Crippen MR) is 71.3 cm³/mol. The topological polar surface area (TPSA) is 98.3 Å². The maximum Gasteiger partial charge on any atom is 0.324 e. The second-order valence-electron chi connectivity index (χ2n) is 4.08. The molecule has 1 aromatic heterocycles. The maximum absolute atomic E-state index is 11.8. The zero-order valence-corrected chi connectivity index (χ0v) is 11.1. The number of hydrogen-bond donors (Lipinski definition) is 2. The summed E-state index contributed by atoms with van der Waals surface area (Å²) in [6, 6.07) is 1.28. The highest BCUT2D eigenvalue weighted by Crippen LogP contribution is 2.32. The zero-order chi connectivity index (χ0) is 12.4. The minimum atomic E-state index is -0.497. The third-order valence-corrected chi connectivity index (χ3v) is 3.67. The lowest BCUT2D eigenvalue weighted by molar-refractivity contribution is -0.380. The van der Waals surface area contributed by atoms with E-state index in [1.54, 1.807) is 0 Å². The van der Waals surface area contributed by atoms with Gasteiger partial charge in [0.05, 0.1) is 10.5 Å². The molecule has 0 aromatic carbocycles. The second kappa shape index (κ2) is 6.12. The van der Waals surface area contributed by atoms with Crippen LogP contribution in [-0.4, -0.2) is 23.4 Å². The summed E-state index contributed by atoms with van der Waals surface area (Å²) in [7, 11) is 0. The van der Waals surface area contributed by atoms with Crippen molar-refractivity contribution < 1.29 is 9.72 Å². The van der Waals surface area contributed by atoms with Gasteiger partial charge in [0, 0.05) is 24.0 Å². The highest BCUT2D eigenvalue weighted by atomic mass is 35.5. The normalized spacial score (nSPS) is 15.6. The highest BCUT2D eigenvalue weighted by molar-refractivity contribution is 7.13. The van der Waals surface area contributed by atoms with Gasteiger partial charge in [0.15, 0.2) is 0 Å². The molecule has 1 aliphatic carbocycles. The molecule has 18 heavy (non-hydrogen) atoms. The molecule has 1 aliphatic rings. The van der Waals surface area contributed by atoms with E-state index in [1.807, 2.05) is 0 Å². The van der Waals surface area contributed by atoms with E-state index in [1.165, 1.54) is 11.4 Å². The smallest absolute Gasteiger partial charge is 0.324 e. The van der Waals surface area contributed by atoms with Crippen LogP contribution in [0.5, 0.6) is 0 Å². The van der Waals surface area contributed by atoms with Crippen LogP contribution in [0, 0.1) is 16.0 Å². The SMILES string of the molecule is Cl.NCC(NC(=O)c1csc([N+](=O)[O-])c1)C1CC1. The number of rotatable bonds is 5. The summed E-state index contributed by atoms with van der Waals surface area (Å²) in [5.74, 6) is 0.189. The summed E-state index contributed by atoms with van der Waals surface area (Å²) in [6.07, 6.45) is 2.18. The Hall–Kier alpha value is -1.18. The molecule has 1 unspecified atom stereocenters. The first-order valence-electron chi connectivity index (χ1n) is 5.35. The van der Waals surface area contributed by atoms with E-state index in [2.05, 4.69) is 5.32 Å². The summed E-state index contributed by atoms with van der Waals surface area (Å²) in [5.41, 5.74) is 5.91. The van der Waals surface area contributed by atoms with Crippen molar-refractivity contribution in [2.75, 3.05) is 6.54 Å². The van der Waals surface area contributed by atoms with Gasteiger partial charge < -0.3 is 11.1 Å². The first-order chi connectivity index (χ1) is 8.11. The molecule has 1 amide bonds. The van der Waals surface area contributed by atoms with E-state index < -0.39 is 4.92 Å². The van der Waals surface area contributed by atoms with Crippen molar-refractivity contribution in [1.82, 2.24) is 5.32 Å². The minimum Gasteiger partial charge on any atom is -0.348 e. The number of halogens is 1. The van der Waals surface area contributed by atoms with Crippen LogP contribution in [0.3, 0.4) is 0 Å². The number of nitrogens with one attached hydrogen (secondary N) is 1. The van der Waals surface area contributed by atoms with Crippen LogP contribution in [-0.2, 0) is 0 Å². The number of nitrogens with two attached hydrogens (primary N) is 1. The molecule has 1 atom stereocenters. The van der Waals surface area contributed by atoms with E-state index in [0.717, 1.165) is 24.2 Å². The van der Waals surface area contributed by atoms with Gasteiger partial charge in [-0.05, 0) is 18.8 Å². The molecule has 0 aliphatic heterocycles. The fraction of sp³-hybridized carbons (Fsp3) is 0.500. The molecule has 1 fully saturated rings. The van der Waals surface area contributed by atoms with Gasteiger partial charge in [-0.3, -0.25) is 14.9 Å². The van der Waals surface area contributed by atoms with E-state index >= 15 is 0 Å². The van der Waals surface area contributed by atoms with Gasteiger partial charge in [-0.25, -0.2) is 0 Å². The molecule has 2 rings (SSSR count). The molecular formula is C10H14ClN3O3S. The van der Waals surface area contributed by atoms with Gasteiger partial charge in [-0.15, -0.1) is 12.4 Å². The van der Waals surface area contributed by atoms with Crippen molar-refractivity contribution in [3.8, 4) is 0 Å². The van der Waals surface area contributed by atoms with Crippen LogP contribution >= 0.6 is 23.7 Å². The Morgan fingerprint density at radius 3 is 2.78 bits per heavy atom. The summed E-state index contributed by atoms with van der Waals surface area (Å²) in [6.45, 7) is 0.405. The molecule has 1 aromatic rings. The fourth-order valence-corrected chi connectivity index (χ4v) is 2.36. The van der Waals surface area contributed by atoms with Crippen LogP contribution < -0.4 is 11.1 Å². The van der Waals surface area contributed by atoms with Crippen molar-refractivity contribution in [3.63, 3.8) is 0 Å². The number of thiophene rings is 1. The number of hydrogen-bond acceptors (Lipinski definition) is 5. The average Bonchev–Trinajstić information content (AvgIpc) is 3.01. The van der Waals surface area contributed by atoms with Crippen molar-refractivity contribution in [2.45, 2.75) is 18.9 Å². The van der Waals surface area contributed by atoms with Gasteiger partial charge in [0.1, 0.15) is 0 Å². The zero-order valence-electron chi connectivity index (χ0n) is 9.50. The summed E-state index contributed by atoms with van der Waals surface area (Å²) in [5, 5.41) is 14.8. The number of amides is 1. The van der Waals surface area contributed by atoms with Crippen molar-refractivity contribution in [1.29, 1.82) is 0 Å². The van der Waals surface area contributed by atoms with Crippen molar-refractivity contribution in [3.05, 3.63) is 27.1 Å². The molecule has 1 saturated carbocycles. The van der Waals surface area contributed by atoms with E-state index in [9.17, 15) is 14.9 Å². The third kappa shape index (κ3) is 3.41. The fourth-order valence-electron chi connectivity index (χ4n) is 1.66. The van der Waals surface area contributed by atoms with E-state index in [0.29, 0.717) is 18.0 Å². The predicted octanol–water partition coefficient (Wildman–Crippen LogP) is 1.55. The molecule has 0 spiro atoms. The Kier molecular flexibility index (Phi) is 5.06. The molecule has 6 nitrogen and oxygen atoms in total. The molecule has 3 N–H and O–H groups in total. The highest BCUT2D eigenvalue weighted by Gasteiger charge is 2.31. The van der Waals surface area contributed by atoms with Crippen LogP contribution in [0.25, 0.3) is 0 Å². The largest absolute Gasteiger partial charge is 0.348 e.